The van der Waals surface area contributed by atoms with Gasteiger partial charge in [-0.25, -0.2) is 9.18 Å². The molecule has 28 heavy (non-hydrogen) atoms. The average molecular weight is 379 g/mol. The summed E-state index contributed by atoms with van der Waals surface area (Å²) in [5, 5.41) is 0. The van der Waals surface area contributed by atoms with Gasteiger partial charge in [0.15, 0.2) is 0 Å². The van der Waals surface area contributed by atoms with Crippen LogP contribution < -0.4 is 0 Å². The number of benzene rings is 2. The van der Waals surface area contributed by atoms with Crippen LogP contribution in [0.1, 0.15) is 42.4 Å². The maximum Gasteiger partial charge on any atom is 0.338 e. The lowest BCUT2D eigenvalue weighted by atomic mass is 10.1. The Morgan fingerprint density at radius 2 is 1.75 bits per heavy atom. The summed E-state index contributed by atoms with van der Waals surface area (Å²) in [7, 11) is 0. The molecule has 2 aromatic carbocycles. The molecule has 0 spiro atoms. The van der Waals surface area contributed by atoms with Crippen molar-refractivity contribution in [1.29, 1.82) is 0 Å². The van der Waals surface area contributed by atoms with Crippen LogP contribution in [0.2, 0.25) is 0 Å². The molecule has 7 heteroatoms. The van der Waals surface area contributed by atoms with Gasteiger partial charge >= 0.3 is 5.97 Å². The molecule has 0 N–H and O–H groups in total. The zero-order chi connectivity index (χ0) is 19.7. The molecule has 0 aliphatic carbocycles. The minimum Gasteiger partial charge on any atom is -0.467 e. The molecule has 2 amide bonds. The van der Waals surface area contributed by atoms with E-state index in [1.165, 1.54) is 48.7 Å². The number of ether oxygens (including phenoxy) is 1. The van der Waals surface area contributed by atoms with E-state index in [4.69, 9.17) is 9.15 Å². The standard InChI is InChI=1S/C21H14FNO5/c22-15-6-3-13(4-7-15)12-28-21(26)14-5-8-17-18(10-14)20(25)23(19(17)24)11-16-2-1-9-27-16/h1-10H,11-12H2. The van der Waals surface area contributed by atoms with E-state index < -0.39 is 17.8 Å². The number of amides is 2. The van der Waals surface area contributed by atoms with Gasteiger partial charge in [0.1, 0.15) is 18.2 Å². The molecular formula is C21H14FNO5. The van der Waals surface area contributed by atoms with E-state index in [-0.39, 0.29) is 35.7 Å². The molecule has 0 fully saturated rings. The van der Waals surface area contributed by atoms with Crippen molar-refractivity contribution in [3.05, 3.63) is 94.7 Å². The van der Waals surface area contributed by atoms with Gasteiger partial charge < -0.3 is 9.15 Å². The van der Waals surface area contributed by atoms with Gasteiger partial charge in [-0.2, -0.15) is 0 Å². The molecule has 3 aromatic rings. The second-order valence-electron chi connectivity index (χ2n) is 6.24. The summed E-state index contributed by atoms with van der Waals surface area (Å²) >= 11 is 0. The summed E-state index contributed by atoms with van der Waals surface area (Å²) in [4.78, 5) is 38.4. The van der Waals surface area contributed by atoms with E-state index in [1.807, 2.05) is 0 Å². The first-order valence-electron chi connectivity index (χ1n) is 8.47. The van der Waals surface area contributed by atoms with Crippen molar-refractivity contribution in [2.24, 2.45) is 0 Å². The molecule has 0 unspecified atom stereocenters. The van der Waals surface area contributed by atoms with Gasteiger partial charge in [0, 0.05) is 0 Å². The van der Waals surface area contributed by atoms with E-state index in [0.29, 0.717) is 11.3 Å². The topological polar surface area (TPSA) is 76.8 Å². The van der Waals surface area contributed by atoms with Crippen LogP contribution in [-0.4, -0.2) is 22.7 Å². The molecule has 2 heterocycles. The van der Waals surface area contributed by atoms with E-state index >= 15 is 0 Å². The van der Waals surface area contributed by atoms with Crippen molar-refractivity contribution in [1.82, 2.24) is 4.90 Å². The number of carbonyl (C=O) groups excluding carboxylic acids is 3. The Balaban J connectivity index is 1.49. The van der Waals surface area contributed by atoms with Crippen LogP contribution in [0.5, 0.6) is 0 Å². The largest absolute Gasteiger partial charge is 0.467 e. The predicted molar refractivity (Wildman–Crippen MR) is 94.9 cm³/mol. The first-order valence-corrected chi connectivity index (χ1v) is 8.47. The lowest BCUT2D eigenvalue weighted by Crippen LogP contribution is -2.28. The summed E-state index contributed by atoms with van der Waals surface area (Å²) in [6, 6.07) is 13.1. The summed E-state index contributed by atoms with van der Waals surface area (Å²) in [6.45, 7) is -0.0165. The highest BCUT2D eigenvalue weighted by molar-refractivity contribution is 6.21. The van der Waals surface area contributed by atoms with Crippen molar-refractivity contribution in [3.8, 4) is 0 Å². The van der Waals surface area contributed by atoms with Crippen molar-refractivity contribution in [3.63, 3.8) is 0 Å². The fourth-order valence-corrected chi connectivity index (χ4v) is 2.93. The highest BCUT2D eigenvalue weighted by Gasteiger charge is 2.36. The van der Waals surface area contributed by atoms with Crippen LogP contribution in [0.4, 0.5) is 4.39 Å². The summed E-state index contributed by atoms with van der Waals surface area (Å²) in [5.74, 6) is -1.48. The molecule has 0 saturated heterocycles. The minimum atomic E-state index is -0.642. The van der Waals surface area contributed by atoms with Gasteiger partial charge in [0.25, 0.3) is 11.8 Å². The predicted octanol–water partition coefficient (Wildman–Crippen LogP) is 3.57. The number of imide groups is 1. The van der Waals surface area contributed by atoms with Crippen LogP contribution in [0.25, 0.3) is 0 Å². The molecule has 1 aliphatic rings. The third-order valence-electron chi connectivity index (χ3n) is 4.38. The fourth-order valence-electron chi connectivity index (χ4n) is 2.93. The molecule has 0 bridgehead atoms. The molecule has 1 aliphatic heterocycles. The van der Waals surface area contributed by atoms with Crippen molar-refractivity contribution in [2.75, 3.05) is 0 Å². The number of carbonyl (C=O) groups is 3. The number of furan rings is 1. The number of hydrogen-bond acceptors (Lipinski definition) is 5. The lowest BCUT2D eigenvalue weighted by Gasteiger charge is -2.11. The number of fused-ring (bicyclic) bond motifs is 1. The minimum absolute atomic E-state index is 0.0176. The quantitative estimate of drug-likeness (QED) is 0.500. The summed E-state index contributed by atoms with van der Waals surface area (Å²) in [5.41, 5.74) is 1.16. The van der Waals surface area contributed by atoms with Crippen LogP contribution in [0.3, 0.4) is 0 Å². The van der Waals surface area contributed by atoms with Gasteiger partial charge in [-0.1, -0.05) is 12.1 Å². The number of nitrogens with zero attached hydrogens (tertiary/aromatic N) is 1. The molecule has 1 aromatic heterocycles. The first kappa shape index (κ1) is 17.7. The van der Waals surface area contributed by atoms with Crippen LogP contribution in [0, 0.1) is 5.82 Å². The Morgan fingerprint density at radius 3 is 2.46 bits per heavy atom. The molecule has 6 nitrogen and oxygen atoms in total. The third kappa shape index (κ3) is 3.29. The summed E-state index contributed by atoms with van der Waals surface area (Å²) in [6.07, 6.45) is 1.46. The normalized spacial score (nSPS) is 13.0. The molecule has 0 radical (unpaired) electrons. The highest BCUT2D eigenvalue weighted by Crippen LogP contribution is 2.26. The number of halogens is 1. The smallest absolute Gasteiger partial charge is 0.338 e. The Hall–Kier alpha value is -3.74. The average Bonchev–Trinajstić information content (AvgIpc) is 3.30. The lowest BCUT2D eigenvalue weighted by molar-refractivity contribution is 0.0472. The molecule has 140 valence electrons. The van der Waals surface area contributed by atoms with Crippen LogP contribution in [0.15, 0.2) is 65.3 Å². The van der Waals surface area contributed by atoms with Crippen molar-refractivity contribution < 1.29 is 27.9 Å². The molecular weight excluding hydrogens is 365 g/mol. The van der Waals surface area contributed by atoms with Gasteiger partial charge in [-0.15, -0.1) is 0 Å². The number of hydrogen-bond donors (Lipinski definition) is 0. The highest BCUT2D eigenvalue weighted by atomic mass is 19.1. The molecule has 0 atom stereocenters. The maximum atomic E-state index is 12.9. The SMILES string of the molecule is O=C(OCc1ccc(F)cc1)c1ccc2c(c1)C(=O)N(Cc1ccco1)C2=O. The third-order valence-corrected chi connectivity index (χ3v) is 4.38. The Kier molecular flexibility index (Phi) is 4.49. The zero-order valence-corrected chi connectivity index (χ0v) is 14.6. The van der Waals surface area contributed by atoms with Gasteiger partial charge in [-0.3, -0.25) is 14.5 Å². The van der Waals surface area contributed by atoms with E-state index in [1.54, 1.807) is 12.1 Å². The van der Waals surface area contributed by atoms with Crippen molar-refractivity contribution in [2.45, 2.75) is 13.2 Å². The molecule has 4 rings (SSSR count). The second-order valence-corrected chi connectivity index (χ2v) is 6.24. The first-order chi connectivity index (χ1) is 13.5. The van der Waals surface area contributed by atoms with E-state index in [9.17, 15) is 18.8 Å². The van der Waals surface area contributed by atoms with E-state index in [2.05, 4.69) is 0 Å². The second kappa shape index (κ2) is 7.11. The fraction of sp³-hybridized carbons (Fsp3) is 0.0952. The number of esters is 1. The van der Waals surface area contributed by atoms with E-state index in [0.717, 1.165) is 4.90 Å². The maximum absolute atomic E-state index is 12.9. The Labute approximate surface area is 159 Å². The van der Waals surface area contributed by atoms with Crippen LogP contribution >= 0.6 is 0 Å². The number of rotatable bonds is 5. The Bertz CT molecular complexity index is 1060. The summed E-state index contributed by atoms with van der Waals surface area (Å²) < 4.78 is 23.3. The zero-order valence-electron chi connectivity index (χ0n) is 14.6. The molecule has 0 saturated carbocycles. The Morgan fingerprint density at radius 1 is 1.00 bits per heavy atom. The van der Waals surface area contributed by atoms with Crippen molar-refractivity contribution >= 4 is 17.8 Å². The van der Waals surface area contributed by atoms with Gasteiger partial charge in [0.2, 0.25) is 0 Å². The monoisotopic (exact) mass is 379 g/mol. The van der Waals surface area contributed by atoms with Gasteiger partial charge in [-0.05, 0) is 48.0 Å². The van der Waals surface area contributed by atoms with Gasteiger partial charge in [0.05, 0.1) is 29.5 Å². The van der Waals surface area contributed by atoms with Crippen LogP contribution in [-0.2, 0) is 17.9 Å².